The van der Waals surface area contributed by atoms with Gasteiger partial charge in [-0.25, -0.2) is 4.39 Å². The van der Waals surface area contributed by atoms with Gasteiger partial charge in [-0.05, 0) is 67.8 Å². The Kier molecular flexibility index (Phi) is 6.93. The van der Waals surface area contributed by atoms with Crippen molar-refractivity contribution >= 4 is 17.5 Å². The number of anilines is 1. The number of carbonyl (C=O) groups is 2. The summed E-state index contributed by atoms with van der Waals surface area (Å²) in [5.41, 5.74) is 1.57. The SMILES string of the molecule is CCOc1ccc(C(=O)N[C@H](C(=O)Nc2ccc(F)cc2C)C(C)C)cc1. The number of amides is 2. The van der Waals surface area contributed by atoms with Gasteiger partial charge in [-0.1, -0.05) is 13.8 Å². The van der Waals surface area contributed by atoms with Crippen molar-refractivity contribution < 1.29 is 18.7 Å². The second kappa shape index (κ2) is 9.16. The first-order chi connectivity index (χ1) is 12.8. The number of carbonyl (C=O) groups excluding carboxylic acids is 2. The Hall–Kier alpha value is -2.89. The summed E-state index contributed by atoms with van der Waals surface area (Å²) in [6.07, 6.45) is 0. The quantitative estimate of drug-likeness (QED) is 0.774. The lowest BCUT2D eigenvalue weighted by atomic mass is 10.0. The van der Waals surface area contributed by atoms with Crippen molar-refractivity contribution in [3.05, 3.63) is 59.4 Å². The van der Waals surface area contributed by atoms with E-state index in [4.69, 9.17) is 4.74 Å². The van der Waals surface area contributed by atoms with Crippen molar-refractivity contribution in [2.24, 2.45) is 5.92 Å². The molecule has 2 amide bonds. The van der Waals surface area contributed by atoms with Gasteiger partial charge in [0.1, 0.15) is 17.6 Å². The number of nitrogens with one attached hydrogen (secondary N) is 2. The molecule has 6 heteroatoms. The smallest absolute Gasteiger partial charge is 0.251 e. The summed E-state index contributed by atoms with van der Waals surface area (Å²) < 4.78 is 18.6. The lowest BCUT2D eigenvalue weighted by Gasteiger charge is -2.22. The molecule has 0 fully saturated rings. The van der Waals surface area contributed by atoms with Crippen LogP contribution >= 0.6 is 0 Å². The predicted molar refractivity (Wildman–Crippen MR) is 103 cm³/mol. The maximum atomic E-state index is 13.2. The Balaban J connectivity index is 2.09. The number of halogens is 1. The lowest BCUT2D eigenvalue weighted by molar-refractivity contribution is -0.118. The molecule has 0 unspecified atom stereocenters. The molecule has 0 heterocycles. The third-order valence-electron chi connectivity index (χ3n) is 4.11. The molecule has 2 aromatic rings. The number of aryl methyl sites for hydroxylation is 1. The van der Waals surface area contributed by atoms with E-state index in [0.29, 0.717) is 29.2 Å². The van der Waals surface area contributed by atoms with Gasteiger partial charge in [0.25, 0.3) is 5.91 Å². The number of ether oxygens (including phenoxy) is 1. The van der Waals surface area contributed by atoms with E-state index in [2.05, 4.69) is 10.6 Å². The van der Waals surface area contributed by atoms with Crippen molar-refractivity contribution in [1.82, 2.24) is 5.32 Å². The van der Waals surface area contributed by atoms with Crippen LogP contribution in [0, 0.1) is 18.7 Å². The fraction of sp³-hybridized carbons (Fsp3) is 0.333. The third kappa shape index (κ3) is 5.54. The Bertz CT molecular complexity index is 804. The van der Waals surface area contributed by atoms with Crippen LogP contribution in [-0.2, 0) is 4.79 Å². The minimum Gasteiger partial charge on any atom is -0.494 e. The monoisotopic (exact) mass is 372 g/mol. The first-order valence-corrected chi connectivity index (χ1v) is 8.92. The molecule has 0 aromatic heterocycles. The standard InChI is InChI=1S/C21H25FN2O3/c1-5-27-17-9-6-15(7-10-17)20(25)24-19(13(2)3)21(26)23-18-11-8-16(22)12-14(18)4/h6-13,19H,5H2,1-4H3,(H,23,26)(H,24,25)/t19-/m0/s1. The summed E-state index contributed by atoms with van der Waals surface area (Å²) in [6, 6.07) is 10.1. The van der Waals surface area contributed by atoms with Crippen LogP contribution in [0.15, 0.2) is 42.5 Å². The molecule has 0 spiro atoms. The lowest BCUT2D eigenvalue weighted by Crippen LogP contribution is -2.47. The van der Waals surface area contributed by atoms with Crippen LogP contribution in [0.4, 0.5) is 10.1 Å². The van der Waals surface area contributed by atoms with Crippen molar-refractivity contribution in [3.63, 3.8) is 0 Å². The van der Waals surface area contributed by atoms with Crippen molar-refractivity contribution in [2.75, 3.05) is 11.9 Å². The molecule has 0 saturated carbocycles. The molecule has 1 atom stereocenters. The van der Waals surface area contributed by atoms with Crippen LogP contribution in [0.5, 0.6) is 5.75 Å². The van der Waals surface area contributed by atoms with Crippen molar-refractivity contribution in [2.45, 2.75) is 33.7 Å². The zero-order valence-electron chi connectivity index (χ0n) is 16.0. The second-order valence-corrected chi connectivity index (χ2v) is 6.60. The molecular formula is C21H25FN2O3. The van der Waals surface area contributed by atoms with Gasteiger partial charge in [0.2, 0.25) is 5.91 Å². The van der Waals surface area contributed by atoms with Gasteiger partial charge in [0.15, 0.2) is 0 Å². The number of benzene rings is 2. The van der Waals surface area contributed by atoms with Gasteiger partial charge in [-0.2, -0.15) is 0 Å². The molecule has 0 radical (unpaired) electrons. The maximum Gasteiger partial charge on any atom is 0.251 e. The van der Waals surface area contributed by atoms with Crippen LogP contribution < -0.4 is 15.4 Å². The third-order valence-corrected chi connectivity index (χ3v) is 4.11. The van der Waals surface area contributed by atoms with Crippen LogP contribution in [-0.4, -0.2) is 24.5 Å². The number of hydrogen-bond acceptors (Lipinski definition) is 3. The van der Waals surface area contributed by atoms with Crippen molar-refractivity contribution in [1.29, 1.82) is 0 Å². The Morgan fingerprint density at radius 1 is 1.11 bits per heavy atom. The summed E-state index contributed by atoms with van der Waals surface area (Å²) in [5, 5.41) is 5.53. The summed E-state index contributed by atoms with van der Waals surface area (Å²) in [5.74, 6) is -0.507. The molecule has 0 aliphatic heterocycles. The molecular weight excluding hydrogens is 347 g/mol. The van der Waals surface area contributed by atoms with Gasteiger partial charge < -0.3 is 15.4 Å². The fourth-order valence-electron chi connectivity index (χ4n) is 2.61. The number of rotatable bonds is 7. The van der Waals surface area contributed by atoms with Crippen LogP contribution in [0.25, 0.3) is 0 Å². The van der Waals surface area contributed by atoms with Gasteiger partial charge in [-0.15, -0.1) is 0 Å². The zero-order valence-corrected chi connectivity index (χ0v) is 16.0. The summed E-state index contributed by atoms with van der Waals surface area (Å²) >= 11 is 0. The predicted octanol–water partition coefficient (Wildman–Crippen LogP) is 3.93. The van der Waals surface area contributed by atoms with Gasteiger partial charge in [0, 0.05) is 11.3 Å². The number of hydrogen-bond donors (Lipinski definition) is 2. The molecule has 0 aliphatic rings. The van der Waals surface area contributed by atoms with E-state index in [1.807, 2.05) is 20.8 Å². The normalized spacial score (nSPS) is 11.8. The van der Waals surface area contributed by atoms with E-state index in [1.54, 1.807) is 31.2 Å². The van der Waals surface area contributed by atoms with E-state index in [1.165, 1.54) is 18.2 Å². The molecule has 27 heavy (non-hydrogen) atoms. The Labute approximate surface area is 158 Å². The molecule has 0 saturated heterocycles. The van der Waals surface area contributed by atoms with E-state index >= 15 is 0 Å². The second-order valence-electron chi connectivity index (χ2n) is 6.60. The van der Waals surface area contributed by atoms with Gasteiger partial charge >= 0.3 is 0 Å². The van der Waals surface area contributed by atoms with Crippen LogP contribution in [0.1, 0.15) is 36.7 Å². The van der Waals surface area contributed by atoms with E-state index < -0.39 is 6.04 Å². The summed E-state index contributed by atoms with van der Waals surface area (Å²) in [6.45, 7) is 7.83. The highest BCUT2D eigenvalue weighted by Gasteiger charge is 2.25. The Morgan fingerprint density at radius 3 is 2.33 bits per heavy atom. The van der Waals surface area contributed by atoms with Gasteiger partial charge in [-0.3, -0.25) is 9.59 Å². The minimum absolute atomic E-state index is 0.127. The van der Waals surface area contributed by atoms with Gasteiger partial charge in [0.05, 0.1) is 6.61 Å². The zero-order chi connectivity index (χ0) is 20.0. The van der Waals surface area contributed by atoms with Crippen molar-refractivity contribution in [3.8, 4) is 5.75 Å². The molecule has 144 valence electrons. The summed E-state index contributed by atoms with van der Waals surface area (Å²) in [4.78, 5) is 25.2. The molecule has 5 nitrogen and oxygen atoms in total. The molecule has 0 bridgehead atoms. The molecule has 2 rings (SSSR count). The average Bonchev–Trinajstić information content (AvgIpc) is 2.62. The first kappa shape index (κ1) is 20.4. The topological polar surface area (TPSA) is 67.4 Å². The van der Waals surface area contributed by atoms with E-state index in [-0.39, 0.29) is 23.5 Å². The van der Waals surface area contributed by atoms with E-state index in [0.717, 1.165) is 0 Å². The largest absolute Gasteiger partial charge is 0.494 e. The van der Waals surface area contributed by atoms with Crippen LogP contribution in [0.3, 0.4) is 0 Å². The van der Waals surface area contributed by atoms with E-state index in [9.17, 15) is 14.0 Å². The maximum absolute atomic E-state index is 13.2. The highest BCUT2D eigenvalue weighted by atomic mass is 19.1. The molecule has 0 aliphatic carbocycles. The highest BCUT2D eigenvalue weighted by molar-refractivity contribution is 6.01. The summed E-state index contributed by atoms with van der Waals surface area (Å²) in [7, 11) is 0. The van der Waals surface area contributed by atoms with Crippen LogP contribution in [0.2, 0.25) is 0 Å². The molecule has 2 N–H and O–H groups in total. The molecule has 2 aromatic carbocycles. The Morgan fingerprint density at radius 2 is 1.78 bits per heavy atom. The average molecular weight is 372 g/mol. The fourth-order valence-corrected chi connectivity index (χ4v) is 2.61. The first-order valence-electron chi connectivity index (χ1n) is 8.92. The minimum atomic E-state index is -0.728. The highest BCUT2D eigenvalue weighted by Crippen LogP contribution is 2.17.